The minimum atomic E-state index is -0.723. The molecule has 1 N–H and O–H groups in total. The molecule has 1 atom stereocenters. The second kappa shape index (κ2) is 9.92. The highest BCUT2D eigenvalue weighted by Gasteiger charge is 2.26. The monoisotopic (exact) mass is 374 g/mol. The van der Waals surface area contributed by atoms with Crippen LogP contribution in [-0.2, 0) is 16.0 Å². The summed E-state index contributed by atoms with van der Waals surface area (Å²) >= 11 is 6.04. The molecule has 0 bridgehead atoms. The number of aryl methyl sites for hydroxylation is 1. The number of hydrogen-bond acceptors (Lipinski definition) is 4. The smallest absolute Gasteiger partial charge is 0.328 e. The van der Waals surface area contributed by atoms with Crippen molar-refractivity contribution in [2.75, 3.05) is 6.61 Å². The standard InChI is InChI=1S/C20H23ClN2O3/c1-14(2)18(23-19(24)16-7-3-4-8-17(16)21)20(25)26-13-5-6-15-9-11-22-12-10-15/h3-4,7-12,14,18H,5-6,13H2,1-2H3,(H,23,24). The number of carbonyl (C=O) groups is 2. The van der Waals surface area contributed by atoms with Crippen molar-refractivity contribution in [2.45, 2.75) is 32.7 Å². The molecule has 0 saturated heterocycles. The van der Waals surface area contributed by atoms with Gasteiger partial charge < -0.3 is 10.1 Å². The molecule has 2 rings (SSSR count). The number of carbonyl (C=O) groups excluding carboxylic acids is 2. The average molecular weight is 375 g/mol. The lowest BCUT2D eigenvalue weighted by Gasteiger charge is -2.21. The van der Waals surface area contributed by atoms with Crippen molar-refractivity contribution in [2.24, 2.45) is 5.92 Å². The van der Waals surface area contributed by atoms with Gasteiger partial charge in [-0.15, -0.1) is 0 Å². The van der Waals surface area contributed by atoms with Crippen molar-refractivity contribution in [1.29, 1.82) is 0 Å². The van der Waals surface area contributed by atoms with Crippen LogP contribution < -0.4 is 5.32 Å². The SMILES string of the molecule is CC(C)C(NC(=O)c1ccccc1Cl)C(=O)OCCCc1ccncc1. The number of benzene rings is 1. The highest BCUT2D eigenvalue weighted by Crippen LogP contribution is 2.16. The molecular weight excluding hydrogens is 352 g/mol. The fraction of sp³-hybridized carbons (Fsp3) is 0.350. The third-order valence-electron chi connectivity index (χ3n) is 3.93. The van der Waals surface area contributed by atoms with Gasteiger partial charge in [0.1, 0.15) is 6.04 Å². The number of halogens is 1. The van der Waals surface area contributed by atoms with Gasteiger partial charge >= 0.3 is 5.97 Å². The summed E-state index contributed by atoms with van der Waals surface area (Å²) in [6.07, 6.45) is 4.98. The molecule has 5 nitrogen and oxygen atoms in total. The van der Waals surface area contributed by atoms with E-state index < -0.39 is 12.0 Å². The van der Waals surface area contributed by atoms with Crippen LogP contribution in [0.25, 0.3) is 0 Å². The topological polar surface area (TPSA) is 68.3 Å². The zero-order chi connectivity index (χ0) is 18.9. The van der Waals surface area contributed by atoms with Gasteiger partial charge in [0, 0.05) is 12.4 Å². The number of ether oxygens (including phenoxy) is 1. The van der Waals surface area contributed by atoms with Crippen molar-refractivity contribution < 1.29 is 14.3 Å². The fourth-order valence-electron chi connectivity index (χ4n) is 2.45. The molecule has 0 fully saturated rings. The summed E-state index contributed by atoms with van der Waals surface area (Å²) < 4.78 is 5.35. The third kappa shape index (κ3) is 5.85. The molecule has 6 heteroatoms. The highest BCUT2D eigenvalue weighted by atomic mass is 35.5. The van der Waals surface area contributed by atoms with Gasteiger partial charge in [-0.25, -0.2) is 4.79 Å². The first kappa shape index (κ1) is 19.9. The van der Waals surface area contributed by atoms with Gasteiger partial charge in [-0.1, -0.05) is 37.6 Å². The number of esters is 1. The lowest BCUT2D eigenvalue weighted by Crippen LogP contribution is -2.45. The van der Waals surface area contributed by atoms with Crippen molar-refractivity contribution in [3.63, 3.8) is 0 Å². The number of nitrogens with one attached hydrogen (secondary N) is 1. The van der Waals surface area contributed by atoms with Crippen molar-refractivity contribution in [3.05, 3.63) is 64.9 Å². The molecule has 0 aliphatic rings. The van der Waals surface area contributed by atoms with Crippen LogP contribution in [0.2, 0.25) is 5.02 Å². The van der Waals surface area contributed by atoms with E-state index in [-0.39, 0.29) is 11.8 Å². The van der Waals surface area contributed by atoms with Gasteiger partial charge in [0.05, 0.1) is 17.2 Å². The van der Waals surface area contributed by atoms with Gasteiger partial charge in [0.2, 0.25) is 0 Å². The van der Waals surface area contributed by atoms with E-state index in [2.05, 4.69) is 10.3 Å². The first-order chi connectivity index (χ1) is 12.5. The van der Waals surface area contributed by atoms with Crippen LogP contribution in [0.1, 0.15) is 36.2 Å². The van der Waals surface area contributed by atoms with Gasteiger partial charge in [-0.3, -0.25) is 9.78 Å². The molecule has 0 saturated carbocycles. The Morgan fingerprint density at radius 1 is 1.15 bits per heavy atom. The van der Waals surface area contributed by atoms with Gasteiger partial charge in [0.15, 0.2) is 0 Å². The lowest BCUT2D eigenvalue weighted by molar-refractivity contribution is -0.147. The van der Waals surface area contributed by atoms with Crippen LogP contribution in [0.5, 0.6) is 0 Å². The lowest BCUT2D eigenvalue weighted by atomic mass is 10.0. The number of nitrogens with zero attached hydrogens (tertiary/aromatic N) is 1. The Morgan fingerprint density at radius 3 is 2.50 bits per heavy atom. The van der Waals surface area contributed by atoms with E-state index in [1.807, 2.05) is 26.0 Å². The molecule has 2 aromatic rings. The number of pyridine rings is 1. The molecule has 26 heavy (non-hydrogen) atoms. The van der Waals surface area contributed by atoms with E-state index in [4.69, 9.17) is 16.3 Å². The maximum Gasteiger partial charge on any atom is 0.328 e. The summed E-state index contributed by atoms with van der Waals surface area (Å²) in [5, 5.41) is 3.07. The normalized spacial score (nSPS) is 11.8. The molecule has 0 aliphatic heterocycles. The van der Waals surface area contributed by atoms with Gasteiger partial charge in [-0.2, -0.15) is 0 Å². The minimum Gasteiger partial charge on any atom is -0.464 e. The van der Waals surface area contributed by atoms with Crippen LogP contribution in [0, 0.1) is 5.92 Å². The largest absolute Gasteiger partial charge is 0.464 e. The van der Waals surface area contributed by atoms with Crippen LogP contribution >= 0.6 is 11.6 Å². The average Bonchev–Trinajstić information content (AvgIpc) is 2.64. The molecule has 0 aliphatic carbocycles. The van der Waals surface area contributed by atoms with E-state index in [1.54, 1.807) is 36.7 Å². The van der Waals surface area contributed by atoms with E-state index in [9.17, 15) is 9.59 Å². The molecule has 1 amide bonds. The van der Waals surface area contributed by atoms with E-state index in [1.165, 1.54) is 0 Å². The van der Waals surface area contributed by atoms with E-state index in [0.29, 0.717) is 23.6 Å². The molecule has 138 valence electrons. The number of amides is 1. The number of aromatic nitrogens is 1. The summed E-state index contributed by atoms with van der Waals surface area (Å²) in [4.78, 5) is 28.7. The van der Waals surface area contributed by atoms with Crippen LogP contribution in [-0.4, -0.2) is 29.5 Å². The second-order valence-corrected chi connectivity index (χ2v) is 6.71. The predicted molar refractivity (Wildman–Crippen MR) is 101 cm³/mol. The zero-order valence-electron chi connectivity index (χ0n) is 14.9. The molecular formula is C20H23ClN2O3. The molecule has 1 aromatic carbocycles. The van der Waals surface area contributed by atoms with Crippen LogP contribution in [0.3, 0.4) is 0 Å². The summed E-state index contributed by atoms with van der Waals surface area (Å²) in [6.45, 7) is 4.01. The summed E-state index contributed by atoms with van der Waals surface area (Å²) in [5.74, 6) is -0.924. The Labute approximate surface area is 158 Å². The molecule has 1 unspecified atom stereocenters. The van der Waals surface area contributed by atoms with Crippen molar-refractivity contribution >= 4 is 23.5 Å². The molecule has 1 aromatic heterocycles. The number of hydrogen-bond donors (Lipinski definition) is 1. The summed E-state index contributed by atoms with van der Waals surface area (Å²) in [6, 6.07) is 9.87. The Balaban J connectivity index is 1.87. The zero-order valence-corrected chi connectivity index (χ0v) is 15.7. The molecule has 0 radical (unpaired) electrons. The number of rotatable bonds is 8. The predicted octanol–water partition coefficient (Wildman–Crippen LogP) is 3.67. The Bertz CT molecular complexity index is 735. The van der Waals surface area contributed by atoms with Crippen molar-refractivity contribution in [1.82, 2.24) is 10.3 Å². The Hall–Kier alpha value is -2.40. The highest BCUT2D eigenvalue weighted by molar-refractivity contribution is 6.33. The maximum atomic E-state index is 12.4. The van der Waals surface area contributed by atoms with Crippen LogP contribution in [0.4, 0.5) is 0 Å². The second-order valence-electron chi connectivity index (χ2n) is 6.30. The van der Waals surface area contributed by atoms with Crippen LogP contribution in [0.15, 0.2) is 48.8 Å². The van der Waals surface area contributed by atoms with E-state index in [0.717, 1.165) is 12.0 Å². The van der Waals surface area contributed by atoms with Crippen molar-refractivity contribution in [3.8, 4) is 0 Å². The van der Waals surface area contributed by atoms with E-state index >= 15 is 0 Å². The maximum absolute atomic E-state index is 12.4. The third-order valence-corrected chi connectivity index (χ3v) is 4.26. The fourth-order valence-corrected chi connectivity index (χ4v) is 2.67. The minimum absolute atomic E-state index is 0.103. The van der Waals surface area contributed by atoms with Gasteiger partial charge in [-0.05, 0) is 48.6 Å². The molecule has 0 spiro atoms. The molecule has 1 heterocycles. The summed E-state index contributed by atoms with van der Waals surface area (Å²) in [7, 11) is 0. The Morgan fingerprint density at radius 2 is 1.85 bits per heavy atom. The first-order valence-electron chi connectivity index (χ1n) is 8.60. The quantitative estimate of drug-likeness (QED) is 0.565. The first-order valence-corrected chi connectivity index (χ1v) is 8.97. The summed E-state index contributed by atoms with van der Waals surface area (Å²) in [5.41, 5.74) is 1.48. The van der Waals surface area contributed by atoms with Gasteiger partial charge in [0.25, 0.3) is 5.91 Å². The Kier molecular flexibility index (Phi) is 7.60.